The first-order valence-corrected chi connectivity index (χ1v) is 6.95. The maximum atomic E-state index is 11.9. The molecule has 1 aromatic heterocycles. The summed E-state index contributed by atoms with van der Waals surface area (Å²) in [4.78, 5) is 39.4. The van der Waals surface area contributed by atoms with Crippen molar-refractivity contribution in [2.75, 3.05) is 0 Å². The van der Waals surface area contributed by atoms with E-state index in [1.807, 2.05) is 0 Å². The van der Waals surface area contributed by atoms with Crippen LogP contribution in [0, 0.1) is 0 Å². The number of amides is 3. The van der Waals surface area contributed by atoms with Crippen LogP contribution in [-0.4, -0.2) is 28.7 Å². The SMILES string of the molecule is C[C@H](NC(=O)c1ccccc1)C(=O)NNC(=O)c1ccccn1. The third-order valence-electron chi connectivity index (χ3n) is 2.97. The molecule has 0 spiro atoms. The van der Waals surface area contributed by atoms with Crippen LogP contribution in [-0.2, 0) is 4.79 Å². The highest BCUT2D eigenvalue weighted by molar-refractivity contribution is 5.98. The molecule has 1 heterocycles. The Morgan fingerprint density at radius 2 is 1.61 bits per heavy atom. The summed E-state index contributed by atoms with van der Waals surface area (Å²) in [6, 6.07) is 12.6. The number of rotatable bonds is 4. The van der Waals surface area contributed by atoms with Gasteiger partial charge in [0.05, 0.1) is 0 Å². The second-order valence-electron chi connectivity index (χ2n) is 4.72. The molecule has 0 unspecified atom stereocenters. The van der Waals surface area contributed by atoms with Crippen LogP contribution in [0.25, 0.3) is 0 Å². The van der Waals surface area contributed by atoms with Gasteiger partial charge >= 0.3 is 0 Å². The average Bonchev–Trinajstić information content (AvgIpc) is 2.60. The fourth-order valence-electron chi connectivity index (χ4n) is 1.72. The van der Waals surface area contributed by atoms with Crippen molar-refractivity contribution in [3.8, 4) is 0 Å². The number of pyridine rings is 1. The molecule has 0 aliphatic carbocycles. The Morgan fingerprint density at radius 1 is 0.913 bits per heavy atom. The largest absolute Gasteiger partial charge is 0.340 e. The van der Waals surface area contributed by atoms with Crippen molar-refractivity contribution in [2.24, 2.45) is 0 Å². The van der Waals surface area contributed by atoms with Crippen LogP contribution in [0.1, 0.15) is 27.8 Å². The molecule has 0 bridgehead atoms. The summed E-state index contributed by atoms with van der Waals surface area (Å²) >= 11 is 0. The zero-order valence-corrected chi connectivity index (χ0v) is 12.4. The predicted molar refractivity (Wildman–Crippen MR) is 83.2 cm³/mol. The molecular formula is C16H16N4O3. The van der Waals surface area contributed by atoms with Gasteiger partial charge in [0.1, 0.15) is 11.7 Å². The summed E-state index contributed by atoms with van der Waals surface area (Å²) < 4.78 is 0. The van der Waals surface area contributed by atoms with Gasteiger partial charge in [-0.25, -0.2) is 0 Å². The minimum absolute atomic E-state index is 0.175. The molecule has 0 fully saturated rings. The van der Waals surface area contributed by atoms with Crippen LogP contribution < -0.4 is 16.2 Å². The average molecular weight is 312 g/mol. The van der Waals surface area contributed by atoms with Gasteiger partial charge in [0.15, 0.2) is 0 Å². The van der Waals surface area contributed by atoms with E-state index in [2.05, 4.69) is 21.2 Å². The van der Waals surface area contributed by atoms with Crippen molar-refractivity contribution in [3.63, 3.8) is 0 Å². The summed E-state index contributed by atoms with van der Waals surface area (Å²) in [7, 11) is 0. The number of nitrogens with one attached hydrogen (secondary N) is 3. The quantitative estimate of drug-likeness (QED) is 0.722. The zero-order valence-electron chi connectivity index (χ0n) is 12.4. The topological polar surface area (TPSA) is 100 Å². The molecule has 1 atom stereocenters. The third kappa shape index (κ3) is 4.63. The summed E-state index contributed by atoms with van der Waals surface area (Å²) in [6.45, 7) is 1.52. The second kappa shape index (κ2) is 7.69. The molecule has 7 heteroatoms. The molecule has 2 rings (SSSR count). The molecule has 3 amide bonds. The van der Waals surface area contributed by atoms with Crippen molar-refractivity contribution in [1.82, 2.24) is 21.2 Å². The van der Waals surface area contributed by atoms with Crippen molar-refractivity contribution in [3.05, 3.63) is 66.0 Å². The first-order chi connectivity index (χ1) is 11.1. The Labute approximate surface area is 133 Å². The van der Waals surface area contributed by atoms with Gasteiger partial charge in [-0.1, -0.05) is 24.3 Å². The molecular weight excluding hydrogens is 296 g/mol. The van der Waals surface area contributed by atoms with Crippen LogP contribution in [0.5, 0.6) is 0 Å². The molecule has 1 aromatic carbocycles. The van der Waals surface area contributed by atoms with E-state index in [9.17, 15) is 14.4 Å². The van der Waals surface area contributed by atoms with Gasteiger partial charge in [0.2, 0.25) is 0 Å². The third-order valence-corrected chi connectivity index (χ3v) is 2.97. The fraction of sp³-hybridized carbons (Fsp3) is 0.125. The number of carbonyl (C=O) groups is 3. The summed E-state index contributed by atoms with van der Waals surface area (Å²) in [5.41, 5.74) is 5.11. The van der Waals surface area contributed by atoms with Crippen LogP contribution >= 0.6 is 0 Å². The van der Waals surface area contributed by atoms with Crippen molar-refractivity contribution < 1.29 is 14.4 Å². The van der Waals surface area contributed by atoms with Crippen LogP contribution in [0.2, 0.25) is 0 Å². The number of hydrazine groups is 1. The van der Waals surface area contributed by atoms with E-state index in [-0.39, 0.29) is 11.6 Å². The van der Waals surface area contributed by atoms with Gasteiger partial charge < -0.3 is 5.32 Å². The molecule has 3 N–H and O–H groups in total. The van der Waals surface area contributed by atoms with Gasteiger partial charge in [0, 0.05) is 11.8 Å². The summed E-state index contributed by atoms with van der Waals surface area (Å²) in [6.07, 6.45) is 1.47. The van der Waals surface area contributed by atoms with E-state index in [4.69, 9.17) is 0 Å². The fourth-order valence-corrected chi connectivity index (χ4v) is 1.72. The predicted octanol–water partition coefficient (Wildman–Crippen LogP) is 0.661. The first kappa shape index (κ1) is 16.2. The molecule has 0 radical (unpaired) electrons. The Kier molecular flexibility index (Phi) is 5.40. The van der Waals surface area contributed by atoms with Crippen LogP contribution in [0.4, 0.5) is 0 Å². The van der Waals surface area contributed by atoms with E-state index in [1.54, 1.807) is 42.5 Å². The lowest BCUT2D eigenvalue weighted by Gasteiger charge is -2.14. The molecule has 0 aliphatic rings. The van der Waals surface area contributed by atoms with Crippen molar-refractivity contribution in [2.45, 2.75) is 13.0 Å². The Bertz CT molecular complexity index is 689. The highest BCUT2D eigenvalue weighted by Gasteiger charge is 2.17. The number of hydrogen-bond acceptors (Lipinski definition) is 4. The van der Waals surface area contributed by atoms with Crippen molar-refractivity contribution >= 4 is 17.7 Å². The Balaban J connectivity index is 1.83. The number of nitrogens with zero attached hydrogens (tertiary/aromatic N) is 1. The van der Waals surface area contributed by atoms with Gasteiger partial charge in [-0.3, -0.25) is 30.2 Å². The highest BCUT2D eigenvalue weighted by Crippen LogP contribution is 1.98. The highest BCUT2D eigenvalue weighted by atomic mass is 16.2. The van der Waals surface area contributed by atoms with E-state index < -0.39 is 17.9 Å². The van der Waals surface area contributed by atoms with E-state index >= 15 is 0 Å². The van der Waals surface area contributed by atoms with Gasteiger partial charge in [0.25, 0.3) is 17.7 Å². The second-order valence-corrected chi connectivity index (χ2v) is 4.72. The standard InChI is InChI=1S/C16H16N4O3/c1-11(18-15(22)12-7-3-2-4-8-12)14(21)19-20-16(23)13-9-5-6-10-17-13/h2-11H,1H3,(H,18,22)(H,19,21)(H,20,23)/t11-/m0/s1. The minimum Gasteiger partial charge on any atom is -0.340 e. The number of aromatic nitrogens is 1. The lowest BCUT2D eigenvalue weighted by molar-refractivity contribution is -0.123. The van der Waals surface area contributed by atoms with E-state index in [0.717, 1.165) is 0 Å². The molecule has 118 valence electrons. The maximum absolute atomic E-state index is 11.9. The zero-order chi connectivity index (χ0) is 16.7. The molecule has 0 saturated heterocycles. The minimum atomic E-state index is -0.813. The first-order valence-electron chi connectivity index (χ1n) is 6.95. The molecule has 7 nitrogen and oxygen atoms in total. The van der Waals surface area contributed by atoms with Gasteiger partial charge in [-0.15, -0.1) is 0 Å². The van der Waals surface area contributed by atoms with Crippen molar-refractivity contribution in [1.29, 1.82) is 0 Å². The number of hydrogen-bond donors (Lipinski definition) is 3. The number of benzene rings is 1. The monoisotopic (exact) mass is 312 g/mol. The normalized spacial score (nSPS) is 11.2. The maximum Gasteiger partial charge on any atom is 0.288 e. The lowest BCUT2D eigenvalue weighted by atomic mass is 10.2. The molecule has 0 saturated carbocycles. The number of carbonyl (C=O) groups excluding carboxylic acids is 3. The smallest absolute Gasteiger partial charge is 0.288 e. The van der Waals surface area contributed by atoms with Crippen LogP contribution in [0.15, 0.2) is 54.7 Å². The van der Waals surface area contributed by atoms with Crippen LogP contribution in [0.3, 0.4) is 0 Å². The summed E-state index contributed by atoms with van der Waals surface area (Å²) in [5, 5.41) is 2.54. The van der Waals surface area contributed by atoms with Gasteiger partial charge in [-0.2, -0.15) is 0 Å². The van der Waals surface area contributed by atoms with E-state index in [0.29, 0.717) is 5.56 Å². The van der Waals surface area contributed by atoms with E-state index in [1.165, 1.54) is 19.2 Å². The van der Waals surface area contributed by atoms with Gasteiger partial charge in [-0.05, 0) is 31.2 Å². The molecule has 23 heavy (non-hydrogen) atoms. The summed E-state index contributed by atoms with van der Waals surface area (Å²) in [5.74, 6) is -1.46. The molecule has 0 aliphatic heterocycles. The lowest BCUT2D eigenvalue weighted by Crippen LogP contribution is -2.51. The Morgan fingerprint density at radius 3 is 2.26 bits per heavy atom. The Hall–Kier alpha value is -3.22. The molecule has 2 aromatic rings.